The van der Waals surface area contributed by atoms with Crippen molar-refractivity contribution >= 4 is 35.0 Å². The Balaban J connectivity index is 1.89. The number of anilines is 2. The summed E-state index contributed by atoms with van der Waals surface area (Å²) in [4.78, 5) is 6.88. The predicted molar refractivity (Wildman–Crippen MR) is 112 cm³/mol. The molecule has 0 aliphatic carbocycles. The van der Waals surface area contributed by atoms with Gasteiger partial charge in [-0.3, -0.25) is 0 Å². The lowest BCUT2D eigenvalue weighted by Gasteiger charge is -2.22. The largest absolute Gasteiger partial charge is 0.411 e. The molecule has 2 atom stereocenters. The van der Waals surface area contributed by atoms with Crippen molar-refractivity contribution in [2.75, 3.05) is 57.6 Å². The monoisotopic (exact) mass is 483 g/mol. The number of quaternary nitrogens is 1. The van der Waals surface area contributed by atoms with Crippen LogP contribution >= 0.6 is 23.2 Å². The Morgan fingerprint density at radius 1 is 1.29 bits per heavy atom. The van der Waals surface area contributed by atoms with Crippen LogP contribution in [0.15, 0.2) is 18.2 Å². The number of benzene rings is 1. The van der Waals surface area contributed by atoms with E-state index in [9.17, 15) is 18.3 Å². The first-order valence-corrected chi connectivity index (χ1v) is 10.0. The van der Waals surface area contributed by atoms with Crippen LogP contribution in [0.2, 0.25) is 10.0 Å². The van der Waals surface area contributed by atoms with Gasteiger partial charge in [0.1, 0.15) is 24.9 Å². The zero-order valence-electron chi connectivity index (χ0n) is 17.0. The number of alkyl halides is 3. The molecular formula is C18H24Cl2F3N6O2+. The van der Waals surface area contributed by atoms with Crippen LogP contribution < -0.4 is 15.5 Å². The molecule has 0 aliphatic heterocycles. The van der Waals surface area contributed by atoms with E-state index >= 15 is 0 Å². The van der Waals surface area contributed by atoms with E-state index < -0.39 is 18.9 Å². The molecule has 2 aromatic rings. The van der Waals surface area contributed by atoms with Crippen molar-refractivity contribution in [2.45, 2.75) is 12.3 Å². The highest BCUT2D eigenvalue weighted by molar-refractivity contribution is 6.43. The second kappa shape index (κ2) is 11.1. The van der Waals surface area contributed by atoms with Crippen molar-refractivity contribution in [1.82, 2.24) is 15.2 Å². The van der Waals surface area contributed by atoms with E-state index in [0.29, 0.717) is 40.3 Å². The van der Waals surface area contributed by atoms with Gasteiger partial charge in [-0.25, -0.2) is 0 Å². The molecule has 8 nitrogen and oxygen atoms in total. The van der Waals surface area contributed by atoms with E-state index in [-0.39, 0.29) is 19.0 Å². The van der Waals surface area contributed by atoms with Gasteiger partial charge >= 0.3 is 6.18 Å². The number of hydrogen-bond donors (Lipinski definition) is 3. The van der Waals surface area contributed by atoms with Crippen LogP contribution in [0.5, 0.6) is 0 Å². The maximum absolute atomic E-state index is 12.1. The molecule has 1 aromatic heterocycles. The van der Waals surface area contributed by atoms with Crippen LogP contribution in [0.4, 0.5) is 24.9 Å². The lowest BCUT2D eigenvalue weighted by atomic mass is 10.1. The third kappa shape index (κ3) is 7.93. The first-order valence-electron chi connectivity index (χ1n) is 9.27. The highest BCUT2D eigenvalue weighted by Gasteiger charge is 2.28. The van der Waals surface area contributed by atoms with Crippen molar-refractivity contribution in [1.29, 1.82) is 0 Å². The van der Waals surface area contributed by atoms with Gasteiger partial charge < -0.3 is 25.4 Å². The van der Waals surface area contributed by atoms with Gasteiger partial charge in [-0.05, 0) is 6.07 Å². The Kier molecular flexibility index (Phi) is 9.07. The molecule has 0 spiro atoms. The van der Waals surface area contributed by atoms with E-state index in [1.54, 1.807) is 37.2 Å². The zero-order valence-corrected chi connectivity index (χ0v) is 18.5. The lowest BCUT2D eigenvalue weighted by molar-refractivity contribution is -0.881. The van der Waals surface area contributed by atoms with Gasteiger partial charge in [0.05, 0.1) is 36.8 Å². The van der Waals surface area contributed by atoms with E-state index in [2.05, 4.69) is 19.9 Å². The Labute approximate surface area is 187 Å². The quantitative estimate of drug-likeness (QED) is 0.468. The fraction of sp³-hybridized carbons (Fsp3) is 0.500. The maximum atomic E-state index is 12.1. The highest BCUT2D eigenvalue weighted by Crippen LogP contribution is 2.34. The molecule has 0 saturated heterocycles. The van der Waals surface area contributed by atoms with Crippen LogP contribution in [-0.2, 0) is 4.74 Å². The average molecular weight is 484 g/mol. The Morgan fingerprint density at radius 3 is 2.65 bits per heavy atom. The first-order chi connectivity index (χ1) is 14.5. The fourth-order valence-corrected chi connectivity index (χ4v) is 3.09. The van der Waals surface area contributed by atoms with Gasteiger partial charge in [0.25, 0.3) is 0 Å². The summed E-state index contributed by atoms with van der Waals surface area (Å²) in [5.74, 6) is 0.431. The molecule has 0 radical (unpaired) electrons. The average Bonchev–Trinajstić information content (AvgIpc) is 2.67. The summed E-state index contributed by atoms with van der Waals surface area (Å²) in [5, 5.41) is 18.7. The number of aliphatic hydroxyl groups is 1. The summed E-state index contributed by atoms with van der Waals surface area (Å²) in [6.45, 7) is -0.505. The molecule has 31 heavy (non-hydrogen) atoms. The zero-order chi connectivity index (χ0) is 23.2. The summed E-state index contributed by atoms with van der Waals surface area (Å²) >= 11 is 12.2. The van der Waals surface area contributed by atoms with Crippen molar-refractivity contribution in [2.24, 2.45) is 0 Å². The molecule has 0 amide bonds. The van der Waals surface area contributed by atoms with E-state index in [4.69, 9.17) is 28.9 Å². The molecule has 1 unspecified atom stereocenters. The van der Waals surface area contributed by atoms with E-state index in [1.807, 2.05) is 0 Å². The summed E-state index contributed by atoms with van der Waals surface area (Å²) in [5.41, 5.74) is 6.87. The number of nitrogen functional groups attached to an aromatic ring is 1. The van der Waals surface area contributed by atoms with Crippen LogP contribution in [0, 0.1) is 0 Å². The Hall–Kier alpha value is -1.92. The van der Waals surface area contributed by atoms with Gasteiger partial charge in [-0.15, -0.1) is 10.2 Å². The second-order valence-electron chi connectivity index (χ2n) is 7.06. The first kappa shape index (κ1) is 25.3. The minimum Gasteiger partial charge on any atom is -0.385 e. The molecule has 1 aromatic carbocycles. The molecule has 172 valence electrons. The van der Waals surface area contributed by atoms with Crippen LogP contribution in [0.3, 0.4) is 0 Å². The van der Waals surface area contributed by atoms with Crippen LogP contribution in [-0.4, -0.2) is 79.5 Å². The highest BCUT2D eigenvalue weighted by atomic mass is 35.5. The second-order valence-corrected chi connectivity index (χ2v) is 7.85. The normalized spacial score (nSPS) is 13.8. The summed E-state index contributed by atoms with van der Waals surface area (Å²) in [7, 11) is 3.55. The number of hydrogen-bond acceptors (Lipinski definition) is 7. The molecule has 4 N–H and O–H groups in total. The van der Waals surface area contributed by atoms with E-state index in [1.165, 1.54) is 0 Å². The minimum absolute atomic E-state index is 0.138. The minimum atomic E-state index is -4.41. The molecular weight excluding hydrogens is 460 g/mol. The summed E-state index contributed by atoms with van der Waals surface area (Å²) in [6, 6.07) is 5.07. The van der Waals surface area contributed by atoms with Crippen molar-refractivity contribution in [3.05, 3.63) is 28.2 Å². The SMILES string of the molecule is CN(CC[NH+](C)C[C@@H](O)COCC(F)(F)F)c1nnc(-c2cccc(Cl)c2Cl)c(N)n1. The van der Waals surface area contributed by atoms with Crippen LogP contribution in [0.1, 0.15) is 0 Å². The molecule has 2 rings (SSSR count). The number of nitrogens with one attached hydrogen (secondary N) is 1. The molecule has 13 heteroatoms. The fourth-order valence-electron chi connectivity index (χ4n) is 2.70. The summed E-state index contributed by atoms with van der Waals surface area (Å²) in [6.07, 6.45) is -5.42. The standard InChI is InChI=1S/C18H23Cl2F3N6O2/c1-28(8-11(30)9-31-10-18(21,22)23)6-7-29(2)17-25-16(24)15(26-27-17)12-4-3-5-13(19)14(12)20/h3-5,11,30H,6-10H2,1-2H3,(H2,24,25,27)/p+1/t11-/m1/s1. The Bertz CT molecular complexity index is 875. The number of aromatic nitrogens is 3. The number of rotatable bonds is 10. The molecule has 0 saturated carbocycles. The number of halogens is 5. The lowest BCUT2D eigenvalue weighted by Crippen LogP contribution is -3.11. The predicted octanol–water partition coefficient (Wildman–Crippen LogP) is 1.32. The number of nitrogens with two attached hydrogens (primary N) is 1. The number of ether oxygens (including phenoxy) is 1. The van der Waals surface area contributed by atoms with Crippen molar-refractivity contribution < 1.29 is 27.9 Å². The molecule has 0 fully saturated rings. The smallest absolute Gasteiger partial charge is 0.385 e. The van der Waals surface area contributed by atoms with Gasteiger partial charge in [0.15, 0.2) is 5.82 Å². The number of nitrogens with zero attached hydrogens (tertiary/aromatic N) is 4. The van der Waals surface area contributed by atoms with Crippen molar-refractivity contribution in [3.63, 3.8) is 0 Å². The molecule has 0 aliphatic rings. The molecule has 1 heterocycles. The van der Waals surface area contributed by atoms with E-state index in [0.717, 1.165) is 4.90 Å². The van der Waals surface area contributed by atoms with Gasteiger partial charge in [0, 0.05) is 12.6 Å². The Morgan fingerprint density at radius 2 is 2.00 bits per heavy atom. The van der Waals surface area contributed by atoms with Gasteiger partial charge in [-0.1, -0.05) is 35.3 Å². The molecule has 0 bridgehead atoms. The number of likely N-dealkylation sites (N-methyl/N-ethyl adjacent to an activating group) is 2. The van der Waals surface area contributed by atoms with Gasteiger partial charge in [-0.2, -0.15) is 18.2 Å². The maximum Gasteiger partial charge on any atom is 0.411 e. The number of aliphatic hydroxyl groups excluding tert-OH is 1. The topological polar surface area (TPSA) is 102 Å². The third-order valence-corrected chi connectivity index (χ3v) is 5.10. The summed E-state index contributed by atoms with van der Waals surface area (Å²) < 4.78 is 40.7. The van der Waals surface area contributed by atoms with Gasteiger partial charge in [0.2, 0.25) is 5.95 Å². The van der Waals surface area contributed by atoms with Crippen LogP contribution in [0.25, 0.3) is 11.3 Å². The van der Waals surface area contributed by atoms with Crippen molar-refractivity contribution in [3.8, 4) is 11.3 Å². The third-order valence-electron chi connectivity index (χ3n) is 4.28.